The number of amides is 1. The molecule has 5 rings (SSSR count). The molecule has 3 aromatic rings. The minimum atomic E-state index is -5.31. The van der Waals surface area contributed by atoms with E-state index in [2.05, 4.69) is 5.32 Å². The first-order valence-corrected chi connectivity index (χ1v) is 12.3. The Morgan fingerprint density at radius 1 is 1.07 bits per heavy atom. The van der Waals surface area contributed by atoms with Crippen molar-refractivity contribution in [1.82, 2.24) is 0 Å². The number of anilines is 3. The summed E-state index contributed by atoms with van der Waals surface area (Å²) in [5, 5.41) is 23.3. The van der Waals surface area contributed by atoms with Crippen molar-refractivity contribution in [3.05, 3.63) is 81.4 Å². The van der Waals surface area contributed by atoms with E-state index in [1.54, 1.807) is 0 Å². The molecule has 2 aliphatic heterocycles. The van der Waals surface area contributed by atoms with Crippen molar-refractivity contribution >= 4 is 34.6 Å². The highest BCUT2D eigenvalue weighted by atomic mass is 19.4. The van der Waals surface area contributed by atoms with Gasteiger partial charge in [-0.15, -0.1) is 0 Å². The fourth-order valence-electron chi connectivity index (χ4n) is 5.07. The van der Waals surface area contributed by atoms with Gasteiger partial charge in [-0.3, -0.25) is 24.6 Å². The van der Waals surface area contributed by atoms with Crippen molar-refractivity contribution < 1.29 is 51.0 Å². The van der Waals surface area contributed by atoms with Gasteiger partial charge in [0.15, 0.2) is 0 Å². The number of para-hydroxylation sites is 1. The predicted octanol–water partition coefficient (Wildman–Crippen LogP) is 5.84. The van der Waals surface area contributed by atoms with Crippen LogP contribution in [0.3, 0.4) is 0 Å². The maximum atomic E-state index is 14.2. The zero-order chi connectivity index (χ0) is 30.5. The van der Waals surface area contributed by atoms with Gasteiger partial charge in [-0.25, -0.2) is 4.39 Å². The Hall–Kier alpha value is -4.95. The van der Waals surface area contributed by atoms with E-state index in [1.807, 2.05) is 0 Å². The Kier molecular flexibility index (Phi) is 7.12. The standard InChI is InChI=1S/C27H20F5N3O7/c1-12(25(36)37)17-10-41-22-9-14(5-6-15(17)22)34(26(38)27(30,31)32)21-11-42-24-16(21)3-2-4-19(24)33-20-8-13(28)7-18(29)23(20)35(39)40/h2-9,12,17,21,33H,10-11H2,1H3,(H,36,37)/t12?,17-,21+/m0/s1. The van der Waals surface area contributed by atoms with E-state index in [-0.39, 0.29) is 35.0 Å². The number of carboxylic acid groups (broad SMARTS) is 1. The van der Waals surface area contributed by atoms with Crippen LogP contribution in [0.5, 0.6) is 11.5 Å². The smallest absolute Gasteiger partial charge is 0.471 e. The van der Waals surface area contributed by atoms with E-state index in [0.717, 1.165) is 0 Å². The Morgan fingerprint density at radius 3 is 2.48 bits per heavy atom. The summed E-state index contributed by atoms with van der Waals surface area (Å²) in [6, 6.07) is 7.61. The van der Waals surface area contributed by atoms with Crippen molar-refractivity contribution in [3.63, 3.8) is 0 Å². The van der Waals surface area contributed by atoms with E-state index in [9.17, 15) is 46.8 Å². The van der Waals surface area contributed by atoms with E-state index >= 15 is 0 Å². The van der Waals surface area contributed by atoms with Crippen molar-refractivity contribution in [2.45, 2.75) is 25.1 Å². The molecule has 0 bridgehead atoms. The lowest BCUT2D eigenvalue weighted by Crippen LogP contribution is -2.44. The van der Waals surface area contributed by atoms with Gasteiger partial charge in [-0.1, -0.05) is 25.1 Å². The highest BCUT2D eigenvalue weighted by Crippen LogP contribution is 2.47. The summed E-state index contributed by atoms with van der Waals surface area (Å²) in [5.41, 5.74) is -1.34. The number of nitro groups is 1. The number of hydrogen-bond acceptors (Lipinski definition) is 7. The highest BCUT2D eigenvalue weighted by Gasteiger charge is 2.48. The van der Waals surface area contributed by atoms with Crippen LogP contribution >= 0.6 is 0 Å². The molecular weight excluding hydrogens is 573 g/mol. The molecule has 42 heavy (non-hydrogen) atoms. The number of fused-ring (bicyclic) bond motifs is 2. The molecular formula is C27H20F5N3O7. The third-order valence-electron chi connectivity index (χ3n) is 7.13. The zero-order valence-corrected chi connectivity index (χ0v) is 21.4. The molecule has 220 valence electrons. The molecule has 3 atom stereocenters. The second-order valence-corrected chi connectivity index (χ2v) is 9.66. The first kappa shape index (κ1) is 28.6. The van der Waals surface area contributed by atoms with E-state index in [0.29, 0.717) is 22.6 Å². The van der Waals surface area contributed by atoms with Crippen LogP contribution in [0.1, 0.15) is 30.0 Å². The zero-order valence-electron chi connectivity index (χ0n) is 21.4. The number of alkyl halides is 3. The Labute approximate surface area is 233 Å². The fourth-order valence-corrected chi connectivity index (χ4v) is 5.07. The number of carboxylic acids is 1. The summed E-state index contributed by atoms with van der Waals surface area (Å²) in [6.45, 7) is 0.993. The number of carbonyl (C=O) groups is 2. The molecule has 0 spiro atoms. The summed E-state index contributed by atoms with van der Waals surface area (Å²) < 4.78 is 80.7. The van der Waals surface area contributed by atoms with Crippen LogP contribution in [0.15, 0.2) is 48.5 Å². The summed E-state index contributed by atoms with van der Waals surface area (Å²) in [7, 11) is 0. The average Bonchev–Trinajstić information content (AvgIpc) is 3.52. The molecule has 0 radical (unpaired) electrons. The van der Waals surface area contributed by atoms with Crippen LogP contribution in [0.2, 0.25) is 0 Å². The van der Waals surface area contributed by atoms with Gasteiger partial charge in [-0.2, -0.15) is 17.6 Å². The normalized spacial score (nSPS) is 17.9. The lowest BCUT2D eigenvalue weighted by Gasteiger charge is -2.29. The fraction of sp³-hybridized carbons (Fsp3) is 0.259. The Morgan fingerprint density at radius 2 is 1.81 bits per heavy atom. The average molecular weight is 593 g/mol. The topological polar surface area (TPSA) is 131 Å². The van der Waals surface area contributed by atoms with E-state index < -0.39 is 70.5 Å². The second-order valence-electron chi connectivity index (χ2n) is 9.66. The van der Waals surface area contributed by atoms with Crippen LogP contribution in [-0.4, -0.2) is 41.3 Å². The van der Waals surface area contributed by atoms with Crippen LogP contribution < -0.4 is 19.7 Å². The van der Waals surface area contributed by atoms with Gasteiger partial charge < -0.3 is 19.9 Å². The number of ether oxygens (including phenoxy) is 2. The summed E-state index contributed by atoms with van der Waals surface area (Å²) in [4.78, 5) is 35.0. The van der Waals surface area contributed by atoms with Crippen LogP contribution in [-0.2, 0) is 9.59 Å². The van der Waals surface area contributed by atoms with Crippen molar-refractivity contribution in [3.8, 4) is 11.5 Å². The molecule has 0 fully saturated rings. The van der Waals surface area contributed by atoms with Gasteiger partial charge in [0, 0.05) is 40.9 Å². The van der Waals surface area contributed by atoms with Crippen molar-refractivity contribution in [2.75, 3.05) is 23.4 Å². The van der Waals surface area contributed by atoms with E-state index in [4.69, 9.17) is 9.47 Å². The number of carbonyl (C=O) groups excluding carboxylic acids is 1. The van der Waals surface area contributed by atoms with Crippen LogP contribution in [0, 0.1) is 27.7 Å². The molecule has 1 unspecified atom stereocenters. The Balaban J connectivity index is 1.55. The number of nitrogens with zero attached hydrogens (tertiary/aromatic N) is 2. The van der Waals surface area contributed by atoms with Crippen LogP contribution in [0.25, 0.3) is 0 Å². The third kappa shape index (κ3) is 5.01. The quantitative estimate of drug-likeness (QED) is 0.198. The lowest BCUT2D eigenvalue weighted by molar-refractivity contribution is -0.386. The molecule has 2 heterocycles. The van der Waals surface area contributed by atoms with Gasteiger partial charge >= 0.3 is 23.7 Å². The van der Waals surface area contributed by atoms with Crippen LogP contribution in [0.4, 0.5) is 44.7 Å². The minimum Gasteiger partial charge on any atom is -0.493 e. The van der Waals surface area contributed by atoms with Gasteiger partial charge in [0.25, 0.3) is 0 Å². The molecule has 15 heteroatoms. The van der Waals surface area contributed by atoms with Gasteiger partial charge in [0.05, 0.1) is 29.2 Å². The number of nitrogens with one attached hydrogen (secondary N) is 1. The number of rotatable bonds is 7. The second kappa shape index (κ2) is 10.5. The van der Waals surface area contributed by atoms with Gasteiger partial charge in [0.2, 0.25) is 5.82 Å². The monoisotopic (exact) mass is 593 g/mol. The maximum Gasteiger partial charge on any atom is 0.471 e. The SMILES string of the molecule is CC(C(=O)O)[C@@H]1COc2cc(N(C(=O)C(F)(F)F)[C@@H]3COc4c(Nc5cc(F)cc(F)c5[N+](=O)[O-])cccc43)ccc21. The number of nitro benzene ring substituents is 1. The minimum absolute atomic E-state index is 0.0172. The van der Waals surface area contributed by atoms with Gasteiger partial charge in [-0.05, 0) is 12.1 Å². The predicted molar refractivity (Wildman–Crippen MR) is 136 cm³/mol. The van der Waals surface area contributed by atoms with Crippen molar-refractivity contribution in [1.29, 1.82) is 0 Å². The molecule has 1 amide bonds. The summed E-state index contributed by atoms with van der Waals surface area (Å²) in [5.74, 6) is -7.23. The Bertz CT molecular complexity index is 1610. The summed E-state index contributed by atoms with van der Waals surface area (Å²) in [6.07, 6.45) is -5.31. The number of halogens is 5. The maximum absolute atomic E-state index is 14.2. The molecule has 0 aliphatic carbocycles. The molecule has 0 saturated heterocycles. The molecule has 2 aliphatic rings. The first-order valence-electron chi connectivity index (χ1n) is 12.3. The molecule has 0 saturated carbocycles. The highest BCUT2D eigenvalue weighted by molar-refractivity contribution is 5.98. The number of aliphatic carboxylic acids is 1. The first-order chi connectivity index (χ1) is 19.8. The third-order valence-corrected chi connectivity index (χ3v) is 7.13. The number of hydrogen-bond donors (Lipinski definition) is 2. The molecule has 10 nitrogen and oxygen atoms in total. The molecule has 0 aromatic heterocycles. The molecule has 3 aromatic carbocycles. The van der Waals surface area contributed by atoms with Gasteiger partial charge in [0.1, 0.15) is 29.6 Å². The largest absolute Gasteiger partial charge is 0.493 e. The van der Waals surface area contributed by atoms with E-state index in [1.165, 1.54) is 43.3 Å². The van der Waals surface area contributed by atoms with Crippen molar-refractivity contribution in [2.24, 2.45) is 5.92 Å². The molecule has 2 N–H and O–H groups in total. The lowest BCUT2D eigenvalue weighted by atomic mass is 9.89. The summed E-state index contributed by atoms with van der Waals surface area (Å²) >= 11 is 0. The number of benzene rings is 3.